The molecule has 2 rings (SSSR count). The first-order chi connectivity index (χ1) is 16.7. The van der Waals surface area contributed by atoms with Gasteiger partial charge in [0, 0.05) is 19.3 Å². The summed E-state index contributed by atoms with van der Waals surface area (Å²) >= 11 is 0. The van der Waals surface area contributed by atoms with Crippen LogP contribution < -0.4 is 16.4 Å². The molecule has 0 saturated heterocycles. The molecule has 0 atom stereocenters. The Morgan fingerprint density at radius 3 is 1.91 bits per heavy atom. The number of halogens is 3. The maximum atomic E-state index is 12.5. The van der Waals surface area contributed by atoms with Gasteiger partial charge in [-0.15, -0.1) is 6.58 Å². The monoisotopic (exact) mass is 495 g/mol. The highest BCUT2D eigenvalue weighted by Gasteiger charge is 2.29. The first kappa shape index (κ1) is 34.5. The molecular weight excluding hydrogens is 447 g/mol. The van der Waals surface area contributed by atoms with Crippen molar-refractivity contribution in [3.05, 3.63) is 66.2 Å². The Hall–Kier alpha value is -2.63. The molecule has 0 aliphatic carbocycles. The minimum absolute atomic E-state index is 0.427. The van der Waals surface area contributed by atoms with Gasteiger partial charge < -0.3 is 16.4 Å². The van der Waals surface area contributed by atoms with Crippen molar-refractivity contribution in [2.24, 2.45) is 0 Å². The minimum atomic E-state index is -4.30. The molecule has 0 spiro atoms. The second kappa shape index (κ2) is 21.9. The van der Waals surface area contributed by atoms with Crippen molar-refractivity contribution in [3.8, 4) is 0 Å². The van der Waals surface area contributed by atoms with Crippen LogP contribution in [0.15, 0.2) is 55.1 Å². The third-order valence-electron chi connectivity index (χ3n) is 4.86. The minimum Gasteiger partial charge on any atom is -0.397 e. The van der Waals surface area contributed by atoms with Gasteiger partial charge in [-0.1, -0.05) is 84.9 Å². The number of unbranched alkanes of at least 4 members (excludes halogenated alkanes) is 5. The predicted molar refractivity (Wildman–Crippen MR) is 150 cm³/mol. The normalized spacial score (nSPS) is 9.86. The molecule has 0 aliphatic heterocycles. The van der Waals surface area contributed by atoms with E-state index >= 15 is 0 Å². The summed E-state index contributed by atoms with van der Waals surface area (Å²) in [5, 5.41) is 6.08. The van der Waals surface area contributed by atoms with Gasteiger partial charge in [0.25, 0.3) is 0 Å². The number of allylic oxidation sites excluding steroid dienone is 1. The van der Waals surface area contributed by atoms with E-state index in [-0.39, 0.29) is 0 Å². The largest absolute Gasteiger partial charge is 0.416 e. The van der Waals surface area contributed by atoms with E-state index in [1.54, 1.807) is 13.1 Å². The Balaban J connectivity index is 0. The van der Waals surface area contributed by atoms with Crippen molar-refractivity contribution < 1.29 is 13.2 Å². The van der Waals surface area contributed by atoms with Crippen LogP contribution >= 0.6 is 0 Å². The molecule has 3 nitrogen and oxygen atoms in total. The van der Waals surface area contributed by atoms with E-state index in [9.17, 15) is 13.2 Å². The number of hydrogen-bond donors (Lipinski definition) is 3. The highest BCUT2D eigenvalue weighted by Crippen LogP contribution is 2.29. The van der Waals surface area contributed by atoms with Crippen LogP contribution in [0, 0.1) is 0 Å². The number of benzene rings is 2. The summed E-state index contributed by atoms with van der Waals surface area (Å²) in [6.07, 6.45) is 6.95. The zero-order valence-corrected chi connectivity index (χ0v) is 22.7. The van der Waals surface area contributed by atoms with Crippen LogP contribution in [0.5, 0.6) is 0 Å². The van der Waals surface area contributed by atoms with Crippen LogP contribution in [-0.2, 0) is 12.7 Å². The van der Waals surface area contributed by atoms with E-state index in [1.807, 2.05) is 32.1 Å². The Kier molecular flexibility index (Phi) is 21.6. The van der Waals surface area contributed by atoms with E-state index in [4.69, 9.17) is 5.73 Å². The third kappa shape index (κ3) is 17.5. The number of nitrogen functional groups attached to an aromatic ring is 1. The Bertz CT molecular complexity index is 755. The zero-order valence-electron chi connectivity index (χ0n) is 22.7. The van der Waals surface area contributed by atoms with Gasteiger partial charge in [0.05, 0.1) is 16.9 Å². The summed E-state index contributed by atoms with van der Waals surface area (Å²) in [6.45, 7) is 14.7. The topological polar surface area (TPSA) is 50.1 Å². The highest BCUT2D eigenvalue weighted by atomic mass is 19.4. The van der Waals surface area contributed by atoms with Crippen molar-refractivity contribution in [1.82, 2.24) is 0 Å². The van der Waals surface area contributed by atoms with Crippen LogP contribution in [0.4, 0.5) is 30.2 Å². The fourth-order valence-electron chi connectivity index (χ4n) is 2.63. The standard InChI is InChI=1S/C15H16F3N3.C8H16.C4H10.C2H6/c1-20-14-7-6-12(8-13(14)19)21-9-10-2-4-11(5-3-10)15(16,17)18;1-3-5-7-8-6-4-2;1-3-4-2;1-2/h2-8,20-21H,9,19H2,1H3;3H,1,4-8H2,2H3;3-4H2,1-2H3;1-2H3. The van der Waals surface area contributed by atoms with E-state index in [2.05, 4.69) is 38.0 Å². The lowest BCUT2D eigenvalue weighted by Crippen LogP contribution is -2.06. The summed E-state index contributed by atoms with van der Waals surface area (Å²) in [4.78, 5) is 0. The Morgan fingerprint density at radius 1 is 0.886 bits per heavy atom. The molecule has 200 valence electrons. The number of nitrogens with one attached hydrogen (secondary N) is 2. The molecule has 0 unspecified atom stereocenters. The average molecular weight is 496 g/mol. The number of rotatable bonds is 10. The predicted octanol–water partition coefficient (Wildman–Crippen LogP) is 9.92. The van der Waals surface area contributed by atoms with E-state index in [0.29, 0.717) is 12.2 Å². The maximum absolute atomic E-state index is 12.5. The number of hydrogen-bond acceptors (Lipinski definition) is 3. The van der Waals surface area contributed by atoms with Crippen molar-refractivity contribution in [3.63, 3.8) is 0 Å². The Labute approximate surface area is 212 Å². The fraction of sp³-hybridized carbons (Fsp3) is 0.517. The van der Waals surface area contributed by atoms with Crippen LogP contribution in [0.1, 0.15) is 90.7 Å². The summed E-state index contributed by atoms with van der Waals surface area (Å²) in [5.41, 5.74) is 8.21. The van der Waals surface area contributed by atoms with Crippen LogP contribution in [0.3, 0.4) is 0 Å². The second-order valence-electron chi connectivity index (χ2n) is 7.74. The Morgan fingerprint density at radius 2 is 1.49 bits per heavy atom. The lowest BCUT2D eigenvalue weighted by Gasteiger charge is -2.11. The summed E-state index contributed by atoms with van der Waals surface area (Å²) in [7, 11) is 1.78. The van der Waals surface area contributed by atoms with Crippen molar-refractivity contribution in [2.75, 3.05) is 23.4 Å². The van der Waals surface area contributed by atoms with Gasteiger partial charge in [-0.2, -0.15) is 13.2 Å². The second-order valence-corrected chi connectivity index (χ2v) is 7.74. The van der Waals surface area contributed by atoms with Crippen LogP contribution in [0.2, 0.25) is 0 Å². The molecule has 4 N–H and O–H groups in total. The van der Waals surface area contributed by atoms with Gasteiger partial charge >= 0.3 is 6.18 Å². The summed E-state index contributed by atoms with van der Waals surface area (Å²) in [6, 6.07) is 10.5. The molecule has 6 heteroatoms. The molecule has 2 aromatic carbocycles. The van der Waals surface area contributed by atoms with Crippen LogP contribution in [-0.4, -0.2) is 7.05 Å². The molecule has 0 heterocycles. The van der Waals surface area contributed by atoms with Gasteiger partial charge in [0.2, 0.25) is 0 Å². The molecule has 2 aromatic rings. The molecule has 0 aromatic heterocycles. The van der Waals surface area contributed by atoms with Crippen molar-refractivity contribution in [2.45, 2.75) is 92.3 Å². The van der Waals surface area contributed by atoms with Crippen molar-refractivity contribution in [1.29, 1.82) is 0 Å². The lowest BCUT2D eigenvalue weighted by molar-refractivity contribution is -0.137. The molecular formula is C29H48F3N3. The van der Waals surface area contributed by atoms with Crippen LogP contribution in [0.25, 0.3) is 0 Å². The molecule has 0 amide bonds. The number of alkyl halides is 3. The molecule has 0 saturated carbocycles. The quantitative estimate of drug-likeness (QED) is 0.175. The maximum Gasteiger partial charge on any atom is 0.416 e. The number of nitrogens with two attached hydrogens (primary N) is 1. The molecule has 0 fully saturated rings. The average Bonchev–Trinajstić information content (AvgIpc) is 2.87. The van der Waals surface area contributed by atoms with E-state index < -0.39 is 11.7 Å². The van der Waals surface area contributed by atoms with Crippen molar-refractivity contribution >= 4 is 17.1 Å². The summed E-state index contributed by atoms with van der Waals surface area (Å²) in [5.74, 6) is 0. The highest BCUT2D eigenvalue weighted by molar-refractivity contribution is 5.71. The van der Waals surface area contributed by atoms with E-state index in [0.717, 1.165) is 29.1 Å². The van der Waals surface area contributed by atoms with Gasteiger partial charge in [0.1, 0.15) is 0 Å². The van der Waals surface area contributed by atoms with Gasteiger partial charge in [-0.05, 0) is 48.7 Å². The first-order valence-corrected chi connectivity index (χ1v) is 12.8. The molecule has 0 aliphatic rings. The third-order valence-corrected chi connectivity index (χ3v) is 4.86. The van der Waals surface area contributed by atoms with E-state index in [1.165, 1.54) is 57.1 Å². The molecule has 0 bridgehead atoms. The SMILES string of the molecule is C=CCCCCCC.CC.CCCC.CNc1ccc(NCc2ccc(C(F)(F)F)cc2)cc1N. The fourth-order valence-corrected chi connectivity index (χ4v) is 2.63. The summed E-state index contributed by atoms with van der Waals surface area (Å²) < 4.78 is 37.4. The molecule has 35 heavy (non-hydrogen) atoms. The number of anilines is 3. The zero-order chi connectivity index (χ0) is 27.1. The molecule has 0 radical (unpaired) electrons. The first-order valence-electron chi connectivity index (χ1n) is 12.8. The van der Waals surface area contributed by atoms with Gasteiger partial charge in [-0.25, -0.2) is 0 Å². The van der Waals surface area contributed by atoms with Gasteiger partial charge in [0.15, 0.2) is 0 Å². The smallest absolute Gasteiger partial charge is 0.397 e. The van der Waals surface area contributed by atoms with Gasteiger partial charge in [-0.3, -0.25) is 0 Å². The lowest BCUT2D eigenvalue weighted by atomic mass is 10.1.